The van der Waals surface area contributed by atoms with Gasteiger partial charge in [-0.2, -0.15) is 5.10 Å². The van der Waals surface area contributed by atoms with Gasteiger partial charge in [-0.05, 0) is 37.0 Å². The second-order valence-electron chi connectivity index (χ2n) is 8.26. The molecule has 1 aliphatic carbocycles. The minimum absolute atomic E-state index is 0.0504. The Labute approximate surface area is 173 Å². The van der Waals surface area contributed by atoms with E-state index in [0.29, 0.717) is 38.2 Å². The van der Waals surface area contributed by atoms with Crippen LogP contribution in [0.1, 0.15) is 50.3 Å². The molecular weight excluding hydrogens is 366 g/mol. The van der Waals surface area contributed by atoms with Crippen molar-refractivity contribution in [2.24, 2.45) is 21.4 Å². The van der Waals surface area contributed by atoms with Crippen LogP contribution < -0.4 is 5.84 Å². The maximum atomic E-state index is 5.71. The molecule has 6 heteroatoms. The van der Waals surface area contributed by atoms with E-state index in [1.807, 2.05) is 12.1 Å². The van der Waals surface area contributed by atoms with Crippen molar-refractivity contribution in [1.29, 1.82) is 0 Å². The number of rotatable bonds is 7. The summed E-state index contributed by atoms with van der Waals surface area (Å²) < 4.78 is 17.0. The summed E-state index contributed by atoms with van der Waals surface area (Å²) in [5.74, 6) is 11.9. The number of aliphatic imine (C=N–C) groups is 1. The molecule has 0 amide bonds. The summed E-state index contributed by atoms with van der Waals surface area (Å²) in [7, 11) is 0. The molecule has 1 aliphatic heterocycles. The van der Waals surface area contributed by atoms with E-state index in [4.69, 9.17) is 20.1 Å². The van der Waals surface area contributed by atoms with Crippen molar-refractivity contribution < 1.29 is 14.2 Å². The minimum Gasteiger partial charge on any atom is -0.366 e. The van der Waals surface area contributed by atoms with Gasteiger partial charge in [-0.15, -0.1) is 0 Å². The zero-order valence-corrected chi connectivity index (χ0v) is 17.6. The summed E-state index contributed by atoms with van der Waals surface area (Å²) in [6.07, 6.45) is 4.97. The van der Waals surface area contributed by atoms with Crippen molar-refractivity contribution in [3.05, 3.63) is 34.9 Å². The molecule has 1 heterocycles. The highest BCUT2D eigenvalue weighted by atomic mass is 16.7. The zero-order valence-electron chi connectivity index (χ0n) is 17.6. The first-order valence-electron chi connectivity index (χ1n) is 10.3. The Bertz CT molecular complexity index is 806. The topological polar surface area (TPSA) is 78.4 Å². The fraction of sp³-hybridized carbons (Fsp3) is 0.565. The first-order chi connectivity index (χ1) is 14.0. The van der Waals surface area contributed by atoms with E-state index >= 15 is 0 Å². The number of aryl methyl sites for hydroxylation is 1. The maximum absolute atomic E-state index is 5.71. The molecule has 2 aliphatic rings. The van der Waals surface area contributed by atoms with Crippen molar-refractivity contribution >= 4 is 11.9 Å². The van der Waals surface area contributed by atoms with E-state index in [9.17, 15) is 0 Å². The van der Waals surface area contributed by atoms with Gasteiger partial charge in [0.1, 0.15) is 12.3 Å². The molecule has 29 heavy (non-hydrogen) atoms. The second kappa shape index (κ2) is 10.0. The fourth-order valence-electron chi connectivity index (χ4n) is 2.98. The van der Waals surface area contributed by atoms with Gasteiger partial charge in [-0.3, -0.25) is 4.99 Å². The lowest BCUT2D eigenvalue weighted by atomic mass is 9.96. The lowest BCUT2D eigenvalue weighted by Gasteiger charge is -2.33. The standard InChI is InChI=1S/C23H31N3O3/c1-4-18-12-17(6-5-11-27-19-8-9-19)7-10-20(18)21(26-24)13-25-14-22-28-15-23(2,3)16-29-22/h7,10,12-13,19,22H,4,8-9,11,14-16,24H2,1-3H3/b25-13?,26-21+. The Balaban J connectivity index is 1.60. The molecule has 0 unspecified atom stereocenters. The van der Waals surface area contributed by atoms with Gasteiger partial charge in [0.15, 0.2) is 6.29 Å². The Kier molecular flexibility index (Phi) is 7.43. The van der Waals surface area contributed by atoms with Gasteiger partial charge in [0.25, 0.3) is 0 Å². The number of benzene rings is 1. The monoisotopic (exact) mass is 397 g/mol. The molecule has 2 N–H and O–H groups in total. The summed E-state index contributed by atoms with van der Waals surface area (Å²) in [5.41, 5.74) is 3.74. The van der Waals surface area contributed by atoms with Crippen LogP contribution in [0.25, 0.3) is 0 Å². The predicted molar refractivity (Wildman–Crippen MR) is 115 cm³/mol. The smallest absolute Gasteiger partial charge is 0.176 e. The van der Waals surface area contributed by atoms with E-state index in [1.54, 1.807) is 6.21 Å². The van der Waals surface area contributed by atoms with Gasteiger partial charge < -0.3 is 20.1 Å². The van der Waals surface area contributed by atoms with Crippen molar-refractivity contribution in [3.8, 4) is 11.8 Å². The molecule has 0 spiro atoms. The van der Waals surface area contributed by atoms with Crippen LogP contribution in [0, 0.1) is 17.3 Å². The molecule has 1 saturated carbocycles. The van der Waals surface area contributed by atoms with Gasteiger partial charge in [-0.25, -0.2) is 0 Å². The van der Waals surface area contributed by atoms with E-state index in [-0.39, 0.29) is 11.7 Å². The largest absolute Gasteiger partial charge is 0.366 e. The summed E-state index contributed by atoms with van der Waals surface area (Å²) >= 11 is 0. The average molecular weight is 398 g/mol. The molecule has 3 rings (SSSR count). The van der Waals surface area contributed by atoms with Crippen molar-refractivity contribution in [1.82, 2.24) is 0 Å². The Hall–Kier alpha value is -2.20. The van der Waals surface area contributed by atoms with Crippen LogP contribution >= 0.6 is 0 Å². The van der Waals surface area contributed by atoms with Gasteiger partial charge in [0.2, 0.25) is 0 Å². The van der Waals surface area contributed by atoms with E-state index in [2.05, 4.69) is 48.8 Å². The van der Waals surface area contributed by atoms with Crippen LogP contribution in [0.15, 0.2) is 28.3 Å². The first-order valence-corrected chi connectivity index (χ1v) is 10.3. The SMILES string of the molecule is CCc1cc(C#CCOC2CC2)ccc1/C(C=NCC1OCC(C)(C)CO1)=N/N. The molecule has 0 radical (unpaired) electrons. The van der Waals surface area contributed by atoms with Crippen LogP contribution in [0.2, 0.25) is 0 Å². The predicted octanol–water partition coefficient (Wildman–Crippen LogP) is 2.91. The highest BCUT2D eigenvalue weighted by molar-refractivity contribution is 6.38. The third kappa shape index (κ3) is 6.67. The van der Waals surface area contributed by atoms with Gasteiger partial charge in [-0.1, -0.05) is 38.7 Å². The lowest BCUT2D eigenvalue weighted by molar-refractivity contribution is -0.215. The molecule has 0 aromatic heterocycles. The highest BCUT2D eigenvalue weighted by Crippen LogP contribution is 2.23. The zero-order chi connectivity index (χ0) is 20.7. The number of nitrogens with two attached hydrogens (primary N) is 1. The molecule has 6 nitrogen and oxygen atoms in total. The van der Waals surface area contributed by atoms with Gasteiger partial charge in [0.05, 0.1) is 25.9 Å². The number of hydrazone groups is 1. The normalized spacial score (nSPS) is 19.9. The number of nitrogens with zero attached hydrogens (tertiary/aromatic N) is 2. The minimum atomic E-state index is -0.320. The maximum Gasteiger partial charge on any atom is 0.176 e. The number of hydrogen-bond acceptors (Lipinski definition) is 6. The molecule has 156 valence electrons. The number of hydrogen-bond donors (Lipinski definition) is 1. The van der Waals surface area contributed by atoms with Crippen LogP contribution in [0.5, 0.6) is 0 Å². The molecular formula is C23H31N3O3. The van der Waals surface area contributed by atoms with Crippen LogP contribution in [0.4, 0.5) is 0 Å². The summed E-state index contributed by atoms with van der Waals surface area (Å²) in [4.78, 5) is 4.44. The van der Waals surface area contributed by atoms with E-state index in [1.165, 1.54) is 0 Å². The average Bonchev–Trinajstić information content (AvgIpc) is 3.54. The molecule has 1 saturated heterocycles. The van der Waals surface area contributed by atoms with E-state index < -0.39 is 0 Å². The third-order valence-electron chi connectivity index (χ3n) is 4.84. The van der Waals surface area contributed by atoms with E-state index in [0.717, 1.165) is 36.0 Å². The molecule has 1 aromatic carbocycles. The van der Waals surface area contributed by atoms with Gasteiger partial charge >= 0.3 is 0 Å². The number of ether oxygens (including phenoxy) is 3. The molecule has 0 bridgehead atoms. The Morgan fingerprint density at radius 3 is 2.72 bits per heavy atom. The molecule has 0 atom stereocenters. The second-order valence-corrected chi connectivity index (χ2v) is 8.26. The Morgan fingerprint density at radius 1 is 1.31 bits per heavy atom. The van der Waals surface area contributed by atoms with Crippen LogP contribution in [0.3, 0.4) is 0 Å². The molecule has 1 aromatic rings. The van der Waals surface area contributed by atoms with Gasteiger partial charge in [0, 0.05) is 22.8 Å². The van der Waals surface area contributed by atoms with Crippen molar-refractivity contribution in [2.75, 3.05) is 26.4 Å². The first kappa shape index (κ1) is 21.5. The lowest BCUT2D eigenvalue weighted by Crippen LogP contribution is -2.39. The van der Waals surface area contributed by atoms with Crippen LogP contribution in [-0.2, 0) is 20.6 Å². The van der Waals surface area contributed by atoms with Crippen molar-refractivity contribution in [2.45, 2.75) is 52.4 Å². The fourth-order valence-corrected chi connectivity index (χ4v) is 2.98. The van der Waals surface area contributed by atoms with Crippen molar-refractivity contribution in [3.63, 3.8) is 0 Å². The Morgan fingerprint density at radius 2 is 2.07 bits per heavy atom. The molecule has 2 fully saturated rings. The van der Waals surface area contributed by atoms with Crippen LogP contribution in [-0.4, -0.2) is 50.7 Å². The summed E-state index contributed by atoms with van der Waals surface area (Å²) in [6, 6.07) is 6.05. The third-order valence-corrected chi connectivity index (χ3v) is 4.84. The highest BCUT2D eigenvalue weighted by Gasteiger charge is 2.27. The quantitative estimate of drug-likeness (QED) is 0.332. The summed E-state index contributed by atoms with van der Waals surface area (Å²) in [5, 5.41) is 3.93. The summed E-state index contributed by atoms with van der Waals surface area (Å²) in [6.45, 7) is 8.57.